The number of rotatable bonds is 9. The molecule has 0 aliphatic carbocycles. The van der Waals surface area contributed by atoms with E-state index in [9.17, 15) is 14.7 Å². The molecule has 3 rings (SSSR count). The number of hydrogen-bond acceptors (Lipinski definition) is 5. The molecular formula is C21H23N5O3. The number of aliphatic carboxylic acids is 1. The fourth-order valence-corrected chi connectivity index (χ4v) is 3.15. The second-order valence-corrected chi connectivity index (χ2v) is 7.01. The Morgan fingerprint density at radius 3 is 2.38 bits per heavy atom. The predicted molar refractivity (Wildman–Crippen MR) is 107 cm³/mol. The zero-order chi connectivity index (χ0) is 20.6. The van der Waals surface area contributed by atoms with Gasteiger partial charge in [-0.1, -0.05) is 66.7 Å². The van der Waals surface area contributed by atoms with Crippen LogP contribution in [-0.2, 0) is 22.4 Å². The first-order valence-electron chi connectivity index (χ1n) is 9.40. The number of carbonyl (C=O) groups is 2. The number of nitrogens with zero attached hydrogens (tertiary/aromatic N) is 3. The molecule has 0 unspecified atom stereocenters. The molecule has 2 atom stereocenters. The first-order chi connectivity index (χ1) is 14.0. The Balaban J connectivity index is 1.68. The Morgan fingerprint density at radius 2 is 1.76 bits per heavy atom. The zero-order valence-corrected chi connectivity index (χ0v) is 16.1. The normalized spacial score (nSPS) is 12.9. The second-order valence-electron chi connectivity index (χ2n) is 7.01. The summed E-state index contributed by atoms with van der Waals surface area (Å²) >= 11 is 0. The molecule has 1 amide bonds. The van der Waals surface area contributed by atoms with E-state index < -0.39 is 11.9 Å². The Bertz CT molecular complexity index is 927. The molecule has 0 aliphatic heterocycles. The van der Waals surface area contributed by atoms with Crippen molar-refractivity contribution in [1.29, 1.82) is 0 Å². The minimum absolute atomic E-state index is 0.0125. The van der Waals surface area contributed by atoms with Gasteiger partial charge in [0, 0.05) is 6.04 Å². The summed E-state index contributed by atoms with van der Waals surface area (Å²) in [7, 11) is 0. The predicted octanol–water partition coefficient (Wildman–Crippen LogP) is 2.25. The molecule has 29 heavy (non-hydrogen) atoms. The van der Waals surface area contributed by atoms with E-state index in [1.165, 1.54) is 0 Å². The first kappa shape index (κ1) is 20.2. The molecule has 3 aromatic rings. The highest BCUT2D eigenvalue weighted by molar-refractivity contribution is 5.78. The highest BCUT2D eigenvalue weighted by Crippen LogP contribution is 2.20. The van der Waals surface area contributed by atoms with Gasteiger partial charge in [-0.15, -0.1) is 10.2 Å². The van der Waals surface area contributed by atoms with Gasteiger partial charge in [0.05, 0.1) is 12.3 Å². The van der Waals surface area contributed by atoms with Gasteiger partial charge in [0.25, 0.3) is 0 Å². The minimum Gasteiger partial charge on any atom is -0.481 e. The zero-order valence-electron chi connectivity index (χ0n) is 16.1. The van der Waals surface area contributed by atoms with Gasteiger partial charge in [0.1, 0.15) is 0 Å². The van der Waals surface area contributed by atoms with Crippen molar-refractivity contribution in [1.82, 2.24) is 25.9 Å². The van der Waals surface area contributed by atoms with E-state index in [-0.39, 0.29) is 18.4 Å². The lowest BCUT2D eigenvalue weighted by molar-refractivity contribution is -0.141. The van der Waals surface area contributed by atoms with Crippen LogP contribution in [0.5, 0.6) is 0 Å². The van der Waals surface area contributed by atoms with Gasteiger partial charge in [0.15, 0.2) is 5.82 Å². The average Bonchev–Trinajstić information content (AvgIpc) is 3.22. The second kappa shape index (κ2) is 9.59. The van der Waals surface area contributed by atoms with Crippen LogP contribution in [0.2, 0.25) is 0 Å². The fraction of sp³-hybridized carbons (Fsp3) is 0.286. The van der Waals surface area contributed by atoms with Crippen molar-refractivity contribution in [2.24, 2.45) is 5.92 Å². The number of H-pyrrole nitrogens is 1. The molecule has 0 aliphatic rings. The van der Waals surface area contributed by atoms with Crippen molar-refractivity contribution in [3.8, 4) is 11.1 Å². The number of aromatic nitrogens is 4. The molecule has 8 heteroatoms. The van der Waals surface area contributed by atoms with Crippen LogP contribution in [0.1, 0.15) is 24.7 Å². The molecule has 0 fully saturated rings. The average molecular weight is 393 g/mol. The Hall–Kier alpha value is -3.55. The third kappa shape index (κ3) is 5.97. The maximum atomic E-state index is 12.3. The van der Waals surface area contributed by atoms with Crippen LogP contribution in [0.15, 0.2) is 54.6 Å². The Kier molecular flexibility index (Phi) is 6.67. The topological polar surface area (TPSA) is 121 Å². The molecule has 0 radical (unpaired) electrons. The SMILES string of the molecule is C[C@H](C[C@@H](Cc1ccc(-c2ccccc2)cc1)NC(=O)Cc1nn[nH]n1)C(=O)O. The fourth-order valence-electron chi connectivity index (χ4n) is 3.15. The van der Waals surface area contributed by atoms with Crippen molar-refractivity contribution >= 4 is 11.9 Å². The van der Waals surface area contributed by atoms with Crippen LogP contribution in [0, 0.1) is 5.92 Å². The van der Waals surface area contributed by atoms with E-state index in [0.29, 0.717) is 18.7 Å². The molecule has 1 heterocycles. The van der Waals surface area contributed by atoms with Crippen LogP contribution in [0.3, 0.4) is 0 Å². The van der Waals surface area contributed by atoms with E-state index in [1.807, 2.05) is 54.6 Å². The van der Waals surface area contributed by atoms with Crippen LogP contribution >= 0.6 is 0 Å². The van der Waals surface area contributed by atoms with Gasteiger partial charge in [-0.3, -0.25) is 9.59 Å². The van der Waals surface area contributed by atoms with Crippen molar-refractivity contribution in [3.63, 3.8) is 0 Å². The number of amides is 1. The maximum Gasteiger partial charge on any atom is 0.306 e. The minimum atomic E-state index is -0.887. The molecule has 0 bridgehead atoms. The molecule has 1 aromatic heterocycles. The van der Waals surface area contributed by atoms with Crippen molar-refractivity contribution < 1.29 is 14.7 Å². The van der Waals surface area contributed by atoms with Crippen molar-refractivity contribution in [2.45, 2.75) is 32.2 Å². The smallest absolute Gasteiger partial charge is 0.306 e. The molecule has 8 nitrogen and oxygen atoms in total. The summed E-state index contributed by atoms with van der Waals surface area (Å²) in [5, 5.41) is 25.5. The monoisotopic (exact) mass is 393 g/mol. The van der Waals surface area contributed by atoms with Gasteiger partial charge < -0.3 is 10.4 Å². The van der Waals surface area contributed by atoms with E-state index in [2.05, 4.69) is 25.9 Å². The molecule has 0 saturated heterocycles. The highest BCUT2D eigenvalue weighted by atomic mass is 16.4. The van der Waals surface area contributed by atoms with E-state index in [0.717, 1.165) is 16.7 Å². The number of tetrazole rings is 1. The summed E-state index contributed by atoms with van der Waals surface area (Å²) in [4.78, 5) is 23.6. The number of carboxylic acids is 1. The molecule has 150 valence electrons. The summed E-state index contributed by atoms with van der Waals surface area (Å²) in [6.07, 6.45) is 0.847. The van der Waals surface area contributed by atoms with Gasteiger partial charge in [0.2, 0.25) is 5.91 Å². The standard InChI is InChI=1S/C21H23N5O3/c1-14(21(28)29)11-18(22-20(27)13-19-23-25-26-24-19)12-15-7-9-17(10-8-15)16-5-3-2-4-6-16/h2-10,14,18H,11-13H2,1H3,(H,22,27)(H,28,29)(H,23,24,25,26)/t14-,18+/m1/s1. The van der Waals surface area contributed by atoms with E-state index in [4.69, 9.17) is 0 Å². The quantitative estimate of drug-likeness (QED) is 0.513. The molecule has 0 spiro atoms. The third-order valence-electron chi connectivity index (χ3n) is 4.68. The van der Waals surface area contributed by atoms with E-state index in [1.54, 1.807) is 6.92 Å². The van der Waals surface area contributed by atoms with E-state index >= 15 is 0 Å². The lowest BCUT2D eigenvalue weighted by Gasteiger charge is -2.21. The third-order valence-corrected chi connectivity index (χ3v) is 4.68. The first-order valence-corrected chi connectivity index (χ1v) is 9.40. The van der Waals surface area contributed by atoms with Crippen molar-refractivity contribution in [2.75, 3.05) is 0 Å². The number of nitrogens with one attached hydrogen (secondary N) is 2. The van der Waals surface area contributed by atoms with Gasteiger partial charge in [-0.05, 0) is 29.5 Å². The van der Waals surface area contributed by atoms with Crippen LogP contribution in [0.25, 0.3) is 11.1 Å². The molecular weight excluding hydrogens is 370 g/mol. The molecule has 2 aromatic carbocycles. The maximum absolute atomic E-state index is 12.3. The summed E-state index contributed by atoms with van der Waals surface area (Å²) < 4.78 is 0. The summed E-state index contributed by atoms with van der Waals surface area (Å²) in [6.45, 7) is 1.64. The summed E-state index contributed by atoms with van der Waals surface area (Å²) in [5.74, 6) is -1.44. The highest BCUT2D eigenvalue weighted by Gasteiger charge is 2.21. The Labute approximate surface area is 168 Å². The Morgan fingerprint density at radius 1 is 1.07 bits per heavy atom. The van der Waals surface area contributed by atoms with Crippen LogP contribution in [-0.4, -0.2) is 43.6 Å². The molecule has 3 N–H and O–H groups in total. The lowest BCUT2D eigenvalue weighted by Crippen LogP contribution is -2.39. The number of aromatic amines is 1. The van der Waals surface area contributed by atoms with Crippen LogP contribution < -0.4 is 5.32 Å². The number of hydrogen-bond donors (Lipinski definition) is 3. The number of carbonyl (C=O) groups excluding carboxylic acids is 1. The molecule has 0 saturated carbocycles. The number of benzene rings is 2. The van der Waals surface area contributed by atoms with Gasteiger partial charge >= 0.3 is 5.97 Å². The van der Waals surface area contributed by atoms with Crippen LogP contribution in [0.4, 0.5) is 0 Å². The van der Waals surface area contributed by atoms with Crippen molar-refractivity contribution in [3.05, 3.63) is 66.0 Å². The number of carboxylic acid groups (broad SMARTS) is 1. The van der Waals surface area contributed by atoms with Gasteiger partial charge in [-0.25, -0.2) is 0 Å². The summed E-state index contributed by atoms with van der Waals surface area (Å²) in [6, 6.07) is 17.8. The largest absolute Gasteiger partial charge is 0.481 e. The summed E-state index contributed by atoms with van der Waals surface area (Å²) in [5.41, 5.74) is 3.25. The van der Waals surface area contributed by atoms with Gasteiger partial charge in [-0.2, -0.15) is 5.21 Å². The lowest BCUT2D eigenvalue weighted by atomic mass is 9.95.